The van der Waals surface area contributed by atoms with Crippen molar-refractivity contribution in [1.82, 2.24) is 15.1 Å². The van der Waals surface area contributed by atoms with Crippen LogP contribution in [-0.2, 0) is 6.54 Å². The summed E-state index contributed by atoms with van der Waals surface area (Å²) >= 11 is 7.57. The molecule has 0 aliphatic rings. The first kappa shape index (κ1) is 17.3. The van der Waals surface area contributed by atoms with E-state index in [4.69, 9.17) is 11.6 Å². The summed E-state index contributed by atoms with van der Waals surface area (Å²) in [6.07, 6.45) is 1.91. The summed E-state index contributed by atoms with van der Waals surface area (Å²) < 4.78 is 1.48. The molecule has 2 aromatic rings. The van der Waals surface area contributed by atoms with Gasteiger partial charge in [0, 0.05) is 11.4 Å². The van der Waals surface area contributed by atoms with E-state index < -0.39 is 4.92 Å². The molecule has 0 aliphatic heterocycles. The number of hydrogen-bond acceptors (Lipinski definition) is 5. The third kappa shape index (κ3) is 4.23. The summed E-state index contributed by atoms with van der Waals surface area (Å²) in [6, 6.07) is 6.65. The molecule has 0 atom stereocenters. The first-order chi connectivity index (χ1) is 10.9. The second-order valence-electron chi connectivity index (χ2n) is 4.73. The van der Waals surface area contributed by atoms with Gasteiger partial charge in [0.2, 0.25) is 0 Å². The molecule has 1 amide bonds. The average molecular weight is 355 g/mol. The number of aryl methyl sites for hydroxylation is 1. The SMILES string of the molecule is CSc1ccc(Cl)c(C(=O)NCCn2nc([N+](=O)[O-])cc2C)c1. The van der Waals surface area contributed by atoms with Gasteiger partial charge in [0.05, 0.1) is 34.0 Å². The van der Waals surface area contributed by atoms with Crippen LogP contribution >= 0.6 is 23.4 Å². The molecule has 1 heterocycles. The van der Waals surface area contributed by atoms with Gasteiger partial charge in [-0.1, -0.05) is 11.6 Å². The molecule has 0 aliphatic carbocycles. The van der Waals surface area contributed by atoms with Crippen LogP contribution in [0.3, 0.4) is 0 Å². The number of nitrogens with one attached hydrogen (secondary N) is 1. The van der Waals surface area contributed by atoms with Crippen LogP contribution < -0.4 is 5.32 Å². The number of benzene rings is 1. The summed E-state index contributed by atoms with van der Waals surface area (Å²) in [5.74, 6) is -0.491. The predicted molar refractivity (Wildman–Crippen MR) is 89.2 cm³/mol. The molecular weight excluding hydrogens is 340 g/mol. The van der Waals surface area contributed by atoms with E-state index in [0.717, 1.165) is 4.90 Å². The van der Waals surface area contributed by atoms with Gasteiger partial charge in [-0.3, -0.25) is 4.79 Å². The Bertz CT molecular complexity index is 748. The molecule has 7 nitrogen and oxygen atoms in total. The summed E-state index contributed by atoms with van der Waals surface area (Å²) in [6.45, 7) is 2.35. The van der Waals surface area contributed by atoms with Crippen LogP contribution in [0.2, 0.25) is 5.02 Å². The van der Waals surface area contributed by atoms with Gasteiger partial charge in [-0.15, -0.1) is 11.8 Å². The van der Waals surface area contributed by atoms with Crippen molar-refractivity contribution >= 4 is 35.1 Å². The van der Waals surface area contributed by atoms with E-state index in [1.807, 2.05) is 12.3 Å². The second kappa shape index (κ2) is 7.47. The largest absolute Gasteiger partial charge is 0.390 e. The smallest absolute Gasteiger partial charge is 0.358 e. The van der Waals surface area contributed by atoms with Crippen LogP contribution in [0, 0.1) is 17.0 Å². The van der Waals surface area contributed by atoms with Crippen molar-refractivity contribution in [3.05, 3.63) is 50.7 Å². The fourth-order valence-corrected chi connectivity index (χ4v) is 2.63. The Morgan fingerprint density at radius 3 is 2.83 bits per heavy atom. The number of aromatic nitrogens is 2. The number of halogens is 1. The molecule has 0 unspecified atom stereocenters. The fourth-order valence-electron chi connectivity index (χ4n) is 1.98. The molecule has 9 heteroatoms. The van der Waals surface area contributed by atoms with Gasteiger partial charge in [-0.25, -0.2) is 0 Å². The van der Waals surface area contributed by atoms with Crippen molar-refractivity contribution in [1.29, 1.82) is 0 Å². The van der Waals surface area contributed by atoms with Gasteiger partial charge in [0.15, 0.2) is 0 Å². The van der Waals surface area contributed by atoms with Gasteiger partial charge in [-0.2, -0.15) is 4.68 Å². The fraction of sp³-hybridized carbons (Fsp3) is 0.286. The van der Waals surface area contributed by atoms with Gasteiger partial charge in [0.1, 0.15) is 0 Å². The van der Waals surface area contributed by atoms with E-state index in [0.29, 0.717) is 29.4 Å². The maximum absolute atomic E-state index is 12.2. The molecule has 0 saturated carbocycles. The number of nitro groups is 1. The molecular formula is C14H15ClN4O3S. The van der Waals surface area contributed by atoms with Crippen molar-refractivity contribution in [2.45, 2.75) is 18.4 Å². The molecule has 2 rings (SSSR count). The number of carbonyl (C=O) groups is 1. The van der Waals surface area contributed by atoms with Crippen LogP contribution in [0.4, 0.5) is 5.82 Å². The Hall–Kier alpha value is -2.06. The Balaban J connectivity index is 1.99. The van der Waals surface area contributed by atoms with Crippen molar-refractivity contribution in [2.75, 3.05) is 12.8 Å². The zero-order valence-electron chi connectivity index (χ0n) is 12.6. The monoisotopic (exact) mass is 354 g/mol. The summed E-state index contributed by atoms with van der Waals surface area (Å²) in [5.41, 5.74) is 1.06. The lowest BCUT2D eigenvalue weighted by molar-refractivity contribution is -0.389. The molecule has 23 heavy (non-hydrogen) atoms. The minimum atomic E-state index is -0.546. The first-order valence-corrected chi connectivity index (χ1v) is 8.33. The van der Waals surface area contributed by atoms with E-state index in [-0.39, 0.29) is 11.7 Å². The van der Waals surface area contributed by atoms with Crippen LogP contribution in [0.1, 0.15) is 16.1 Å². The Labute approximate surface area is 142 Å². The topological polar surface area (TPSA) is 90.1 Å². The minimum Gasteiger partial charge on any atom is -0.358 e. The molecule has 122 valence electrons. The zero-order chi connectivity index (χ0) is 17.0. The lowest BCUT2D eigenvalue weighted by atomic mass is 10.2. The lowest BCUT2D eigenvalue weighted by Crippen LogP contribution is -2.28. The minimum absolute atomic E-state index is 0.204. The maximum atomic E-state index is 12.2. The number of thioether (sulfide) groups is 1. The van der Waals surface area contributed by atoms with E-state index in [2.05, 4.69) is 10.4 Å². The summed E-state index contributed by atoms with van der Waals surface area (Å²) in [5, 5.41) is 17.7. The van der Waals surface area contributed by atoms with Crippen molar-refractivity contribution in [3.8, 4) is 0 Å². The van der Waals surface area contributed by atoms with Crippen LogP contribution in [0.15, 0.2) is 29.2 Å². The molecule has 1 aromatic heterocycles. The molecule has 1 aromatic carbocycles. The molecule has 0 radical (unpaired) electrons. The number of rotatable bonds is 6. The van der Waals surface area contributed by atoms with Gasteiger partial charge in [-0.05, 0) is 36.3 Å². The van der Waals surface area contributed by atoms with Crippen molar-refractivity contribution < 1.29 is 9.72 Å². The van der Waals surface area contributed by atoms with Gasteiger partial charge in [0.25, 0.3) is 5.91 Å². The Morgan fingerprint density at radius 1 is 1.48 bits per heavy atom. The highest BCUT2D eigenvalue weighted by molar-refractivity contribution is 7.98. The molecule has 0 bridgehead atoms. The van der Waals surface area contributed by atoms with Crippen molar-refractivity contribution in [3.63, 3.8) is 0 Å². The highest BCUT2D eigenvalue weighted by atomic mass is 35.5. The zero-order valence-corrected chi connectivity index (χ0v) is 14.1. The Morgan fingerprint density at radius 2 is 2.22 bits per heavy atom. The average Bonchev–Trinajstić information content (AvgIpc) is 2.89. The summed E-state index contributed by atoms with van der Waals surface area (Å²) in [7, 11) is 0. The Kier molecular flexibility index (Phi) is 5.62. The van der Waals surface area contributed by atoms with Gasteiger partial charge >= 0.3 is 5.82 Å². The molecule has 0 spiro atoms. The third-order valence-corrected chi connectivity index (χ3v) is 4.24. The number of amides is 1. The third-order valence-electron chi connectivity index (χ3n) is 3.18. The van der Waals surface area contributed by atoms with Crippen LogP contribution in [-0.4, -0.2) is 33.4 Å². The highest BCUT2D eigenvalue weighted by Crippen LogP contribution is 2.22. The predicted octanol–water partition coefficient (Wildman–Crippen LogP) is 2.91. The molecule has 0 saturated heterocycles. The van der Waals surface area contributed by atoms with E-state index in [1.54, 1.807) is 19.1 Å². The summed E-state index contributed by atoms with van der Waals surface area (Å²) in [4.78, 5) is 23.3. The van der Waals surface area contributed by atoms with E-state index in [1.165, 1.54) is 22.5 Å². The lowest BCUT2D eigenvalue weighted by Gasteiger charge is -2.08. The van der Waals surface area contributed by atoms with Gasteiger partial charge < -0.3 is 15.4 Å². The van der Waals surface area contributed by atoms with Crippen LogP contribution in [0.25, 0.3) is 0 Å². The normalized spacial score (nSPS) is 10.6. The quantitative estimate of drug-likeness (QED) is 0.489. The molecule has 1 N–H and O–H groups in total. The standard InChI is InChI=1S/C14H15ClN4O3S/c1-9-7-13(19(21)22)17-18(9)6-5-16-14(20)11-8-10(23-2)3-4-12(11)15/h3-4,7-8H,5-6H2,1-2H3,(H,16,20). The number of hydrogen-bond donors (Lipinski definition) is 1. The van der Waals surface area contributed by atoms with Crippen molar-refractivity contribution in [2.24, 2.45) is 0 Å². The van der Waals surface area contributed by atoms with E-state index >= 15 is 0 Å². The second-order valence-corrected chi connectivity index (χ2v) is 6.01. The first-order valence-electron chi connectivity index (χ1n) is 6.73. The highest BCUT2D eigenvalue weighted by Gasteiger charge is 2.16. The maximum Gasteiger partial charge on any atom is 0.390 e. The number of carbonyl (C=O) groups excluding carboxylic acids is 1. The number of nitrogens with zero attached hydrogens (tertiary/aromatic N) is 3. The van der Waals surface area contributed by atoms with E-state index in [9.17, 15) is 14.9 Å². The van der Waals surface area contributed by atoms with Crippen LogP contribution in [0.5, 0.6) is 0 Å². The molecule has 0 fully saturated rings.